The lowest BCUT2D eigenvalue weighted by atomic mass is 10.3. The van der Waals surface area contributed by atoms with E-state index in [-0.39, 0.29) is 6.61 Å². The van der Waals surface area contributed by atoms with Crippen molar-refractivity contribution in [3.05, 3.63) is 54.9 Å². The number of ether oxygens (including phenoxy) is 2. The Morgan fingerprint density at radius 3 is 2.76 bits per heavy atom. The predicted octanol–water partition coefficient (Wildman–Crippen LogP) is 2.56. The molecule has 0 unspecified atom stereocenters. The number of para-hydroxylation sites is 1. The quantitative estimate of drug-likeness (QED) is 0.545. The Morgan fingerprint density at radius 1 is 1.14 bits per heavy atom. The van der Waals surface area contributed by atoms with E-state index in [1.54, 1.807) is 30.6 Å². The van der Waals surface area contributed by atoms with Crippen molar-refractivity contribution in [3.8, 4) is 11.5 Å². The van der Waals surface area contributed by atoms with Gasteiger partial charge in [-0.15, -0.1) is 0 Å². The minimum atomic E-state index is -0.450. The van der Waals surface area contributed by atoms with E-state index in [1.165, 1.54) is 0 Å². The second-order valence-corrected chi connectivity index (χ2v) is 4.58. The fraction of sp³-hybridized carbons (Fsp3) is 0.125. The fourth-order valence-electron chi connectivity index (χ4n) is 2.00. The van der Waals surface area contributed by atoms with Gasteiger partial charge in [0.1, 0.15) is 11.5 Å². The van der Waals surface area contributed by atoms with E-state index < -0.39 is 5.97 Å². The van der Waals surface area contributed by atoms with Gasteiger partial charge >= 0.3 is 5.97 Å². The summed E-state index contributed by atoms with van der Waals surface area (Å²) < 4.78 is 12.5. The number of hydrogen-bond donors (Lipinski definition) is 0. The monoisotopic (exact) mass is 282 g/mol. The molecule has 0 N–H and O–H groups in total. The van der Waals surface area contributed by atoms with Crippen molar-refractivity contribution in [2.24, 2.45) is 7.05 Å². The van der Waals surface area contributed by atoms with E-state index >= 15 is 0 Å². The average molecular weight is 282 g/mol. The summed E-state index contributed by atoms with van der Waals surface area (Å²) in [5.41, 5.74) is 1.77. The SMILES string of the molecule is Cn1cnc2cc(OC(=O)COc3ccccc3)ccc21. The lowest BCUT2D eigenvalue weighted by molar-refractivity contribution is -0.136. The van der Waals surface area contributed by atoms with Crippen molar-refractivity contribution < 1.29 is 14.3 Å². The first-order chi connectivity index (χ1) is 10.2. The maximum absolute atomic E-state index is 11.8. The minimum Gasteiger partial charge on any atom is -0.482 e. The zero-order valence-corrected chi connectivity index (χ0v) is 11.5. The van der Waals surface area contributed by atoms with Crippen molar-refractivity contribution in [2.45, 2.75) is 0 Å². The van der Waals surface area contributed by atoms with Crippen LogP contribution >= 0.6 is 0 Å². The Labute approximate surface area is 121 Å². The summed E-state index contributed by atoms with van der Waals surface area (Å²) in [5, 5.41) is 0. The third kappa shape index (κ3) is 3.02. The summed E-state index contributed by atoms with van der Waals surface area (Å²) in [7, 11) is 1.91. The van der Waals surface area contributed by atoms with Gasteiger partial charge in [0.25, 0.3) is 0 Å². The number of benzene rings is 2. The summed E-state index contributed by atoms with van der Waals surface area (Å²) in [6.45, 7) is -0.135. The Kier molecular flexibility index (Phi) is 3.55. The topological polar surface area (TPSA) is 53.4 Å². The van der Waals surface area contributed by atoms with E-state index in [9.17, 15) is 4.79 Å². The van der Waals surface area contributed by atoms with Gasteiger partial charge in [-0.25, -0.2) is 9.78 Å². The normalized spacial score (nSPS) is 10.5. The molecule has 3 aromatic rings. The number of carbonyl (C=O) groups excluding carboxylic acids is 1. The number of hydrogen-bond acceptors (Lipinski definition) is 4. The molecule has 21 heavy (non-hydrogen) atoms. The third-order valence-electron chi connectivity index (χ3n) is 3.03. The molecule has 0 spiro atoms. The van der Waals surface area contributed by atoms with E-state index in [0.717, 1.165) is 11.0 Å². The van der Waals surface area contributed by atoms with Crippen molar-refractivity contribution in [1.82, 2.24) is 9.55 Å². The van der Waals surface area contributed by atoms with Crippen LogP contribution in [0.4, 0.5) is 0 Å². The predicted molar refractivity (Wildman–Crippen MR) is 78.3 cm³/mol. The van der Waals surface area contributed by atoms with Gasteiger partial charge in [-0.2, -0.15) is 0 Å². The van der Waals surface area contributed by atoms with Gasteiger partial charge in [-0.05, 0) is 24.3 Å². The molecule has 0 fully saturated rings. The van der Waals surface area contributed by atoms with Crippen molar-refractivity contribution >= 4 is 17.0 Å². The number of esters is 1. The number of aryl methyl sites for hydroxylation is 1. The van der Waals surface area contributed by atoms with Crippen LogP contribution in [0, 0.1) is 0 Å². The highest BCUT2D eigenvalue weighted by Gasteiger charge is 2.08. The number of nitrogens with zero attached hydrogens (tertiary/aromatic N) is 2. The molecule has 5 heteroatoms. The Balaban J connectivity index is 1.63. The molecule has 0 aliphatic rings. The van der Waals surface area contributed by atoms with Crippen LogP contribution in [0.25, 0.3) is 11.0 Å². The first-order valence-corrected chi connectivity index (χ1v) is 6.52. The Hall–Kier alpha value is -2.82. The lowest BCUT2D eigenvalue weighted by Gasteiger charge is -2.06. The third-order valence-corrected chi connectivity index (χ3v) is 3.03. The van der Waals surface area contributed by atoms with Crippen LogP contribution in [-0.4, -0.2) is 22.1 Å². The van der Waals surface area contributed by atoms with Crippen LogP contribution in [0.1, 0.15) is 0 Å². The van der Waals surface area contributed by atoms with Crippen LogP contribution in [0.5, 0.6) is 11.5 Å². The molecular formula is C16H14N2O3. The van der Waals surface area contributed by atoms with E-state index in [2.05, 4.69) is 4.98 Å². The highest BCUT2D eigenvalue weighted by molar-refractivity contribution is 5.79. The molecule has 0 saturated carbocycles. The second-order valence-electron chi connectivity index (χ2n) is 4.58. The fourth-order valence-corrected chi connectivity index (χ4v) is 2.00. The van der Waals surface area contributed by atoms with Crippen LogP contribution in [0.3, 0.4) is 0 Å². The molecular weight excluding hydrogens is 268 g/mol. The van der Waals surface area contributed by atoms with Gasteiger partial charge in [0.15, 0.2) is 6.61 Å². The summed E-state index contributed by atoms with van der Waals surface area (Å²) in [4.78, 5) is 16.0. The smallest absolute Gasteiger partial charge is 0.349 e. The molecule has 0 saturated heterocycles. The first-order valence-electron chi connectivity index (χ1n) is 6.52. The van der Waals surface area contributed by atoms with Crippen molar-refractivity contribution in [1.29, 1.82) is 0 Å². The van der Waals surface area contributed by atoms with Crippen LogP contribution < -0.4 is 9.47 Å². The molecule has 0 radical (unpaired) electrons. The first kappa shape index (κ1) is 13.2. The van der Waals surface area contributed by atoms with Gasteiger partial charge in [0.05, 0.1) is 17.4 Å². The van der Waals surface area contributed by atoms with E-state index in [0.29, 0.717) is 11.5 Å². The molecule has 106 valence electrons. The number of carbonyl (C=O) groups is 1. The standard InChI is InChI=1S/C16H14N2O3/c1-18-11-17-14-9-13(7-8-15(14)18)21-16(19)10-20-12-5-3-2-4-6-12/h2-9,11H,10H2,1H3. The molecule has 2 aromatic carbocycles. The van der Waals surface area contributed by atoms with Crippen molar-refractivity contribution in [2.75, 3.05) is 6.61 Å². The molecule has 0 aliphatic heterocycles. The molecule has 3 rings (SSSR count). The highest BCUT2D eigenvalue weighted by atomic mass is 16.6. The lowest BCUT2D eigenvalue weighted by Crippen LogP contribution is -2.17. The van der Waals surface area contributed by atoms with Crippen LogP contribution in [0.2, 0.25) is 0 Å². The summed E-state index contributed by atoms with van der Waals surface area (Å²) in [6, 6.07) is 14.5. The summed E-state index contributed by atoms with van der Waals surface area (Å²) in [5.74, 6) is 0.645. The second kappa shape index (κ2) is 5.66. The number of fused-ring (bicyclic) bond motifs is 1. The maximum Gasteiger partial charge on any atom is 0.349 e. The van der Waals surface area contributed by atoms with Crippen LogP contribution in [0.15, 0.2) is 54.9 Å². The van der Waals surface area contributed by atoms with E-state index in [1.807, 2.05) is 35.9 Å². The van der Waals surface area contributed by atoms with Crippen LogP contribution in [-0.2, 0) is 11.8 Å². The molecule has 5 nitrogen and oxygen atoms in total. The van der Waals surface area contributed by atoms with Gasteiger partial charge in [-0.3, -0.25) is 0 Å². The Morgan fingerprint density at radius 2 is 1.95 bits per heavy atom. The summed E-state index contributed by atoms with van der Waals surface area (Å²) >= 11 is 0. The average Bonchev–Trinajstić information content (AvgIpc) is 2.87. The van der Waals surface area contributed by atoms with Crippen molar-refractivity contribution in [3.63, 3.8) is 0 Å². The van der Waals surface area contributed by atoms with Gasteiger partial charge < -0.3 is 14.0 Å². The van der Waals surface area contributed by atoms with Gasteiger partial charge in [0.2, 0.25) is 0 Å². The number of aromatic nitrogens is 2. The number of rotatable bonds is 4. The molecule has 0 atom stereocenters. The van der Waals surface area contributed by atoms with Gasteiger partial charge in [-0.1, -0.05) is 18.2 Å². The van der Waals surface area contributed by atoms with E-state index in [4.69, 9.17) is 9.47 Å². The largest absolute Gasteiger partial charge is 0.482 e. The molecule has 0 aliphatic carbocycles. The Bertz CT molecular complexity index is 766. The summed E-state index contributed by atoms with van der Waals surface area (Å²) in [6.07, 6.45) is 1.72. The molecule has 0 amide bonds. The molecule has 1 aromatic heterocycles. The molecule has 1 heterocycles. The zero-order chi connectivity index (χ0) is 14.7. The highest BCUT2D eigenvalue weighted by Crippen LogP contribution is 2.19. The minimum absolute atomic E-state index is 0.135. The maximum atomic E-state index is 11.8. The number of imidazole rings is 1. The zero-order valence-electron chi connectivity index (χ0n) is 11.5. The molecule has 0 bridgehead atoms. The van der Waals surface area contributed by atoms with Gasteiger partial charge in [0, 0.05) is 13.1 Å².